The molecule has 2 aliphatic rings. The minimum atomic E-state index is -0.279. The Bertz CT molecular complexity index is 1010. The van der Waals surface area contributed by atoms with Crippen LogP contribution in [0.2, 0.25) is 0 Å². The third-order valence-electron chi connectivity index (χ3n) is 4.53. The minimum absolute atomic E-state index is 0.0911. The molecule has 0 unspecified atom stereocenters. The van der Waals surface area contributed by atoms with E-state index in [2.05, 4.69) is 5.10 Å². The molecule has 0 amide bonds. The fraction of sp³-hybridized carbons (Fsp3) is 0.333. The minimum Gasteiger partial charge on any atom is -0.492 e. The molecular weight excluding hydrogens is 356 g/mol. The van der Waals surface area contributed by atoms with Crippen molar-refractivity contribution >= 4 is 17.2 Å². The summed E-state index contributed by atoms with van der Waals surface area (Å²) in [4.78, 5) is 12.8. The number of hydrogen-bond donors (Lipinski definition) is 1. The van der Waals surface area contributed by atoms with Crippen molar-refractivity contribution in [2.45, 2.75) is 26.4 Å². The lowest BCUT2D eigenvalue weighted by atomic mass is 10.1. The molecular formula is C18H19ClN4O3. The lowest BCUT2D eigenvalue weighted by Gasteiger charge is -2.05. The van der Waals surface area contributed by atoms with Crippen molar-refractivity contribution in [1.82, 2.24) is 19.1 Å². The van der Waals surface area contributed by atoms with E-state index < -0.39 is 0 Å². The van der Waals surface area contributed by atoms with E-state index >= 15 is 0 Å². The van der Waals surface area contributed by atoms with Crippen LogP contribution in [0.3, 0.4) is 0 Å². The van der Waals surface area contributed by atoms with Crippen LogP contribution in [0.5, 0.6) is 5.88 Å². The summed E-state index contributed by atoms with van der Waals surface area (Å²) in [6.07, 6.45) is 8.35. The van der Waals surface area contributed by atoms with Crippen molar-refractivity contribution in [3.8, 4) is 11.6 Å². The quantitative estimate of drug-likeness (QED) is 0.875. The van der Waals surface area contributed by atoms with Gasteiger partial charge in [-0.3, -0.25) is 4.79 Å². The van der Waals surface area contributed by atoms with Gasteiger partial charge in [0.15, 0.2) is 5.69 Å². The van der Waals surface area contributed by atoms with Crippen LogP contribution >= 0.6 is 11.6 Å². The second-order valence-electron chi connectivity index (χ2n) is 6.26. The van der Waals surface area contributed by atoms with E-state index in [4.69, 9.17) is 16.3 Å². The zero-order valence-corrected chi connectivity index (χ0v) is 15.1. The molecule has 2 aromatic heterocycles. The largest absolute Gasteiger partial charge is 0.492 e. The van der Waals surface area contributed by atoms with Gasteiger partial charge >= 0.3 is 0 Å². The average molecular weight is 375 g/mol. The van der Waals surface area contributed by atoms with E-state index in [-0.39, 0.29) is 17.1 Å². The maximum absolute atomic E-state index is 12.8. The Morgan fingerprint density at radius 2 is 2.00 bits per heavy atom. The third kappa shape index (κ3) is 2.83. The summed E-state index contributed by atoms with van der Waals surface area (Å²) in [7, 11) is 0. The van der Waals surface area contributed by atoms with Crippen molar-refractivity contribution in [1.29, 1.82) is 0 Å². The van der Waals surface area contributed by atoms with Crippen LogP contribution < -0.4 is 5.56 Å². The van der Waals surface area contributed by atoms with Gasteiger partial charge < -0.3 is 9.84 Å². The number of nitrogens with zero attached hydrogens (tertiary/aromatic N) is 4. The fourth-order valence-corrected chi connectivity index (χ4v) is 3.37. The van der Waals surface area contributed by atoms with Gasteiger partial charge in [-0.15, -0.1) is 0 Å². The first-order valence-electron chi connectivity index (χ1n) is 8.47. The SMILES string of the molecule is Cc1cc(C2=CC=C(Cl)CC=C2)nn1-c1c(O)n2n(c1=O)CCOCC2. The monoisotopic (exact) mass is 374 g/mol. The number of halogens is 1. The smallest absolute Gasteiger partial charge is 0.296 e. The van der Waals surface area contributed by atoms with Crippen LogP contribution in [0.25, 0.3) is 11.3 Å². The standard InChI is InChI=1S/C18H19ClN4O3/c1-12-11-15(13-3-2-4-14(19)6-5-13)20-23(12)16-17(24)21-7-9-26-10-8-22(21)18(16)25/h2-3,5-6,11,24H,4,7-10H2,1H3. The van der Waals surface area contributed by atoms with Crippen molar-refractivity contribution in [2.75, 3.05) is 13.2 Å². The summed E-state index contributed by atoms with van der Waals surface area (Å²) in [5.74, 6) is -0.0911. The molecule has 0 atom stereocenters. The molecule has 0 saturated heterocycles. The van der Waals surface area contributed by atoms with Crippen molar-refractivity contribution < 1.29 is 9.84 Å². The number of allylic oxidation sites excluding steroid dienone is 6. The van der Waals surface area contributed by atoms with Gasteiger partial charge in [0.25, 0.3) is 5.56 Å². The Hall–Kier alpha value is -2.51. The first kappa shape index (κ1) is 16.9. The highest BCUT2D eigenvalue weighted by atomic mass is 35.5. The Morgan fingerprint density at radius 3 is 2.81 bits per heavy atom. The molecule has 136 valence electrons. The summed E-state index contributed by atoms with van der Waals surface area (Å²) < 4.78 is 9.94. The van der Waals surface area contributed by atoms with E-state index in [0.717, 1.165) is 22.0 Å². The molecule has 0 bridgehead atoms. The summed E-state index contributed by atoms with van der Waals surface area (Å²) in [5, 5.41) is 15.9. The summed E-state index contributed by atoms with van der Waals surface area (Å²) >= 11 is 6.07. The molecule has 8 heteroatoms. The molecule has 1 aliphatic heterocycles. The number of ether oxygens (including phenoxy) is 1. The highest BCUT2D eigenvalue weighted by molar-refractivity contribution is 6.29. The van der Waals surface area contributed by atoms with Crippen LogP contribution in [0.4, 0.5) is 0 Å². The van der Waals surface area contributed by atoms with Gasteiger partial charge in [0, 0.05) is 22.7 Å². The van der Waals surface area contributed by atoms with E-state index in [9.17, 15) is 9.90 Å². The van der Waals surface area contributed by atoms with Gasteiger partial charge in [0.1, 0.15) is 0 Å². The van der Waals surface area contributed by atoms with Gasteiger partial charge in [0.2, 0.25) is 5.88 Å². The lowest BCUT2D eigenvalue weighted by Crippen LogP contribution is -2.25. The molecule has 0 fully saturated rings. The Balaban J connectivity index is 1.81. The number of aromatic hydroxyl groups is 1. The second-order valence-corrected chi connectivity index (χ2v) is 6.75. The maximum atomic E-state index is 12.8. The molecule has 1 N–H and O–H groups in total. The van der Waals surface area contributed by atoms with Crippen LogP contribution in [0.1, 0.15) is 17.8 Å². The van der Waals surface area contributed by atoms with Crippen molar-refractivity contribution in [2.24, 2.45) is 0 Å². The van der Waals surface area contributed by atoms with Gasteiger partial charge in [-0.2, -0.15) is 5.10 Å². The molecule has 0 spiro atoms. The average Bonchev–Trinajstić information content (AvgIpc) is 2.90. The fourth-order valence-electron chi connectivity index (χ4n) is 3.22. The maximum Gasteiger partial charge on any atom is 0.296 e. The molecule has 7 nitrogen and oxygen atoms in total. The van der Waals surface area contributed by atoms with Gasteiger partial charge in [-0.05, 0) is 19.1 Å². The number of aromatic nitrogens is 4. The molecule has 3 heterocycles. The molecule has 4 rings (SSSR count). The molecule has 0 radical (unpaired) electrons. The first-order chi connectivity index (χ1) is 12.6. The first-order valence-corrected chi connectivity index (χ1v) is 8.84. The third-order valence-corrected chi connectivity index (χ3v) is 4.81. The number of rotatable bonds is 2. The van der Waals surface area contributed by atoms with Crippen molar-refractivity contribution in [3.05, 3.63) is 57.1 Å². The highest BCUT2D eigenvalue weighted by Gasteiger charge is 2.24. The predicted octanol–water partition coefficient (Wildman–Crippen LogP) is 2.35. The molecule has 1 aliphatic carbocycles. The number of fused-ring (bicyclic) bond motifs is 1. The van der Waals surface area contributed by atoms with Crippen LogP contribution in [-0.4, -0.2) is 37.5 Å². The lowest BCUT2D eigenvalue weighted by molar-refractivity contribution is 0.137. The van der Waals surface area contributed by atoms with E-state index in [0.29, 0.717) is 32.7 Å². The molecule has 2 aromatic rings. The van der Waals surface area contributed by atoms with Crippen molar-refractivity contribution in [3.63, 3.8) is 0 Å². The van der Waals surface area contributed by atoms with Crippen LogP contribution in [0, 0.1) is 6.92 Å². The zero-order chi connectivity index (χ0) is 18.3. The van der Waals surface area contributed by atoms with Crippen LogP contribution in [-0.2, 0) is 17.8 Å². The van der Waals surface area contributed by atoms with Gasteiger partial charge in [0.05, 0.1) is 32.0 Å². The second kappa shape index (κ2) is 6.66. The summed E-state index contributed by atoms with van der Waals surface area (Å²) in [6.45, 7) is 3.57. The van der Waals surface area contributed by atoms with Crippen LogP contribution in [0.15, 0.2) is 40.2 Å². The molecule has 0 aromatic carbocycles. The predicted molar refractivity (Wildman–Crippen MR) is 98.7 cm³/mol. The van der Waals surface area contributed by atoms with E-state index in [1.165, 1.54) is 9.36 Å². The zero-order valence-electron chi connectivity index (χ0n) is 14.4. The Morgan fingerprint density at radius 1 is 1.23 bits per heavy atom. The number of hydrogen-bond acceptors (Lipinski definition) is 4. The highest BCUT2D eigenvalue weighted by Crippen LogP contribution is 2.25. The number of aryl methyl sites for hydroxylation is 1. The Labute approximate surface area is 155 Å². The molecule has 0 saturated carbocycles. The van der Waals surface area contributed by atoms with Gasteiger partial charge in [-0.25, -0.2) is 14.0 Å². The molecule has 26 heavy (non-hydrogen) atoms. The Kier molecular flexibility index (Phi) is 4.34. The summed E-state index contributed by atoms with van der Waals surface area (Å²) in [5.41, 5.74) is 2.27. The summed E-state index contributed by atoms with van der Waals surface area (Å²) in [6, 6.07) is 1.89. The normalized spacial score (nSPS) is 17.3. The van der Waals surface area contributed by atoms with E-state index in [1.807, 2.05) is 37.3 Å². The van der Waals surface area contributed by atoms with E-state index in [1.54, 1.807) is 4.68 Å². The van der Waals surface area contributed by atoms with Gasteiger partial charge in [-0.1, -0.05) is 29.8 Å². The topological polar surface area (TPSA) is 74.2 Å².